The monoisotopic (exact) mass is 777 g/mol. The number of carbonyl (C=O) groups excluding carboxylic acids is 6. The number of amides is 3. The van der Waals surface area contributed by atoms with Gasteiger partial charge in [0, 0.05) is 18.8 Å². The van der Waals surface area contributed by atoms with Gasteiger partial charge in [-0.3, -0.25) is 24.0 Å². The first-order valence-electron chi connectivity index (χ1n) is 18.5. The highest BCUT2D eigenvalue weighted by molar-refractivity contribution is 7.89. The van der Waals surface area contributed by atoms with Crippen molar-refractivity contribution < 1.29 is 51.4 Å². The van der Waals surface area contributed by atoms with Crippen LogP contribution in [0, 0.1) is 28.6 Å². The Morgan fingerprint density at radius 1 is 0.944 bits per heavy atom. The van der Waals surface area contributed by atoms with E-state index < -0.39 is 98.3 Å². The lowest BCUT2D eigenvalue weighted by atomic mass is 9.70. The van der Waals surface area contributed by atoms with Crippen LogP contribution in [0.15, 0.2) is 30.3 Å². The smallest absolute Gasteiger partial charge is 0.424 e. The Labute approximate surface area is 319 Å². The van der Waals surface area contributed by atoms with Gasteiger partial charge in [0.2, 0.25) is 21.8 Å². The van der Waals surface area contributed by atoms with Crippen LogP contribution in [0.25, 0.3) is 0 Å². The summed E-state index contributed by atoms with van der Waals surface area (Å²) in [6, 6.07) is 7.39. The van der Waals surface area contributed by atoms with Crippen molar-refractivity contribution in [1.82, 2.24) is 14.9 Å². The molecule has 302 valence electrons. The van der Waals surface area contributed by atoms with E-state index >= 15 is 0 Å². The predicted octanol–water partition coefficient (Wildman–Crippen LogP) is 4.59. The zero-order valence-electron chi connectivity index (χ0n) is 33.4. The lowest BCUT2D eigenvalue weighted by Crippen LogP contribution is -2.54. The predicted molar refractivity (Wildman–Crippen MR) is 201 cm³/mol. The number of Topliss-reactive ketones (excluding diaryl/α,β-unsaturated/α-hetero) is 2. The van der Waals surface area contributed by atoms with Crippen LogP contribution in [0.2, 0.25) is 0 Å². The molecular formula is C39H59N3O11S. The van der Waals surface area contributed by atoms with Gasteiger partial charge in [-0.1, -0.05) is 45.9 Å². The fourth-order valence-corrected chi connectivity index (χ4v) is 9.24. The summed E-state index contributed by atoms with van der Waals surface area (Å²) in [6.07, 6.45) is -1.07. The molecule has 54 heavy (non-hydrogen) atoms. The molecule has 4 atom stereocenters. The molecule has 2 aliphatic carbocycles. The molecule has 3 amide bonds. The number of hydrogen-bond donors (Lipinski definition) is 2. The van der Waals surface area contributed by atoms with Gasteiger partial charge in [0.05, 0.1) is 30.2 Å². The third kappa shape index (κ3) is 11.5. The molecule has 2 N–H and O–H groups in total. The second-order valence-corrected chi connectivity index (χ2v) is 19.2. The van der Waals surface area contributed by atoms with Gasteiger partial charge in [0.15, 0.2) is 5.78 Å². The molecule has 0 radical (unpaired) electrons. The average molecular weight is 778 g/mol. The lowest BCUT2D eigenvalue weighted by molar-refractivity contribution is -0.156. The first-order valence-corrected chi connectivity index (χ1v) is 20.1. The standard InChI is InChI=1S/C39H59N3O11S/c1-25(2)28(21-32(45)40-18-19-51-27-14-12-11-13-15-27)34(47)41-29(22-33(46)52-36(3,4)5)30(43)23-42(35(48)53-37(6,7)8)54(49,50)24-39-17-16-26(20-31(39)44)38(39,9)10/h11-15,25-26,28-29H,16-24H2,1-10H3,(H,40,45)(H,41,47). The van der Waals surface area contributed by atoms with E-state index in [-0.39, 0.29) is 37.7 Å². The number of benzene rings is 1. The molecular weight excluding hydrogens is 719 g/mol. The molecule has 15 heteroatoms. The van der Waals surface area contributed by atoms with E-state index in [4.69, 9.17) is 14.2 Å². The Bertz CT molecular complexity index is 1660. The molecule has 4 unspecified atom stereocenters. The van der Waals surface area contributed by atoms with Crippen molar-refractivity contribution in [3.63, 3.8) is 0 Å². The summed E-state index contributed by atoms with van der Waals surface area (Å²) in [5.41, 5.74) is -4.04. The maximum Gasteiger partial charge on any atom is 0.424 e. The van der Waals surface area contributed by atoms with Gasteiger partial charge in [-0.15, -0.1) is 0 Å². The van der Waals surface area contributed by atoms with Crippen LogP contribution in [0.1, 0.15) is 101 Å². The zero-order chi connectivity index (χ0) is 40.9. The van der Waals surface area contributed by atoms with Gasteiger partial charge in [0.1, 0.15) is 35.9 Å². The number of carbonyl (C=O) groups is 6. The van der Waals surface area contributed by atoms with Gasteiger partial charge in [-0.25, -0.2) is 13.2 Å². The van der Waals surface area contributed by atoms with Crippen LogP contribution < -0.4 is 15.4 Å². The molecule has 0 aliphatic heterocycles. The van der Waals surface area contributed by atoms with Crippen LogP contribution in [-0.4, -0.2) is 90.9 Å². The van der Waals surface area contributed by atoms with Crippen LogP contribution in [0.5, 0.6) is 5.75 Å². The molecule has 1 aromatic carbocycles. The van der Waals surface area contributed by atoms with Crippen molar-refractivity contribution in [2.45, 2.75) is 119 Å². The van der Waals surface area contributed by atoms with E-state index in [0.717, 1.165) is 0 Å². The highest BCUT2D eigenvalue weighted by Crippen LogP contribution is 2.64. The number of ether oxygens (including phenoxy) is 3. The van der Waals surface area contributed by atoms with Gasteiger partial charge >= 0.3 is 12.1 Å². The number of hydrogen-bond acceptors (Lipinski definition) is 11. The van der Waals surface area contributed by atoms with Crippen molar-refractivity contribution in [1.29, 1.82) is 0 Å². The molecule has 2 saturated carbocycles. The number of ketones is 2. The molecule has 14 nitrogen and oxygen atoms in total. The summed E-state index contributed by atoms with van der Waals surface area (Å²) < 4.78 is 45.2. The summed E-state index contributed by atoms with van der Waals surface area (Å²) in [4.78, 5) is 80.7. The molecule has 2 fully saturated rings. The zero-order valence-corrected chi connectivity index (χ0v) is 34.2. The Balaban J connectivity index is 1.86. The number of para-hydroxylation sites is 1. The van der Waals surface area contributed by atoms with Gasteiger partial charge in [-0.2, -0.15) is 4.31 Å². The molecule has 0 heterocycles. The maximum absolute atomic E-state index is 14.2. The largest absolute Gasteiger partial charge is 0.492 e. The summed E-state index contributed by atoms with van der Waals surface area (Å²) in [5.74, 6) is -4.68. The first kappa shape index (κ1) is 44.4. The Morgan fingerprint density at radius 3 is 2.07 bits per heavy atom. The fourth-order valence-electron chi connectivity index (χ4n) is 7.19. The van der Waals surface area contributed by atoms with E-state index in [1.165, 1.54) is 20.8 Å². The summed E-state index contributed by atoms with van der Waals surface area (Å²) in [6.45, 7) is 15.9. The van der Waals surface area contributed by atoms with Gasteiger partial charge in [0.25, 0.3) is 0 Å². The van der Waals surface area contributed by atoms with E-state index in [2.05, 4.69) is 10.6 Å². The average Bonchev–Trinajstić information content (AvgIpc) is 3.36. The Kier molecular flexibility index (Phi) is 14.1. The quantitative estimate of drug-likeness (QED) is 0.166. The van der Waals surface area contributed by atoms with E-state index in [1.54, 1.807) is 46.8 Å². The molecule has 2 bridgehead atoms. The minimum atomic E-state index is -4.69. The van der Waals surface area contributed by atoms with Crippen molar-refractivity contribution in [2.75, 3.05) is 25.4 Å². The Hall–Kier alpha value is -4.01. The van der Waals surface area contributed by atoms with Gasteiger partial charge in [-0.05, 0) is 83.8 Å². The van der Waals surface area contributed by atoms with Gasteiger partial charge < -0.3 is 24.8 Å². The van der Waals surface area contributed by atoms with Crippen LogP contribution in [0.3, 0.4) is 0 Å². The SMILES string of the molecule is CC(C)C(CC(=O)NCCOc1ccccc1)C(=O)NC(CC(=O)OC(C)(C)C)C(=O)CN(C(=O)OC(C)(C)C)S(=O)(=O)CC12CCC(CC1=O)C2(C)C. The summed E-state index contributed by atoms with van der Waals surface area (Å²) in [7, 11) is -4.69. The van der Waals surface area contributed by atoms with Crippen molar-refractivity contribution in [3.8, 4) is 5.75 Å². The summed E-state index contributed by atoms with van der Waals surface area (Å²) in [5, 5.41) is 5.27. The first-order chi connectivity index (χ1) is 24.8. The number of nitrogens with one attached hydrogen (secondary N) is 2. The topological polar surface area (TPSA) is 192 Å². The highest BCUT2D eigenvalue weighted by atomic mass is 32.2. The molecule has 0 spiro atoms. The fraction of sp³-hybridized carbons (Fsp3) is 0.692. The highest BCUT2D eigenvalue weighted by Gasteiger charge is 2.66. The minimum Gasteiger partial charge on any atom is -0.492 e. The normalized spacial score (nSPS) is 20.5. The molecule has 0 saturated heterocycles. The molecule has 3 rings (SSSR count). The minimum absolute atomic E-state index is 0.0103. The summed E-state index contributed by atoms with van der Waals surface area (Å²) >= 11 is 0. The van der Waals surface area contributed by atoms with Crippen molar-refractivity contribution in [2.24, 2.45) is 28.6 Å². The van der Waals surface area contributed by atoms with E-state index in [1.807, 2.05) is 32.0 Å². The number of nitrogens with zero attached hydrogens (tertiary/aromatic N) is 1. The molecule has 0 aromatic heterocycles. The van der Waals surface area contributed by atoms with Crippen molar-refractivity contribution >= 4 is 45.5 Å². The third-order valence-corrected chi connectivity index (χ3v) is 12.1. The third-order valence-electron chi connectivity index (χ3n) is 10.3. The van der Waals surface area contributed by atoms with E-state index in [9.17, 15) is 37.2 Å². The van der Waals surface area contributed by atoms with Crippen LogP contribution in [-0.2, 0) is 43.5 Å². The molecule has 1 aromatic rings. The Morgan fingerprint density at radius 2 is 1.56 bits per heavy atom. The number of rotatable bonds is 17. The van der Waals surface area contributed by atoms with Crippen LogP contribution in [0.4, 0.5) is 4.79 Å². The lowest BCUT2D eigenvalue weighted by Gasteiger charge is -2.37. The van der Waals surface area contributed by atoms with Crippen LogP contribution >= 0.6 is 0 Å². The second-order valence-electron chi connectivity index (χ2n) is 17.3. The number of sulfonamides is 1. The second kappa shape index (κ2) is 17.2. The molecule has 2 aliphatic rings. The van der Waals surface area contributed by atoms with Crippen molar-refractivity contribution in [3.05, 3.63) is 30.3 Å². The number of fused-ring (bicyclic) bond motifs is 2. The maximum atomic E-state index is 14.2. The van der Waals surface area contributed by atoms with E-state index in [0.29, 0.717) is 22.9 Å². The number of esters is 1.